The Labute approximate surface area is 278 Å². The number of methoxy groups -OCH3 is 1. The molecule has 0 aliphatic carbocycles. The fourth-order valence-electron chi connectivity index (χ4n) is 6.30. The average Bonchev–Trinajstić information content (AvgIpc) is 3.31. The first-order valence-corrected chi connectivity index (χ1v) is 15.3. The number of nitrogens with zero attached hydrogens (tertiary/aromatic N) is 5. The molecular weight excluding hydrogens is 653 g/mol. The average molecular weight is 686 g/mol. The maximum atomic E-state index is 16.8. The Bertz CT molecular complexity index is 1960. The second-order valence-corrected chi connectivity index (χ2v) is 12.8. The van der Waals surface area contributed by atoms with Crippen LogP contribution in [-0.4, -0.2) is 83.4 Å². The van der Waals surface area contributed by atoms with E-state index in [1.807, 2.05) is 0 Å². The predicted octanol–water partition coefficient (Wildman–Crippen LogP) is 6.62. The number of ether oxygens (including phenoxy) is 4. The molecule has 6 rings (SSSR count). The zero-order chi connectivity index (χ0) is 35.2. The Balaban J connectivity index is 1.49. The molecule has 15 heteroatoms. The molecule has 2 bridgehead atoms. The molecule has 2 aromatic carbocycles. The lowest BCUT2D eigenvalue weighted by Crippen LogP contribution is -2.57. The number of fused-ring (bicyclic) bond motifs is 4. The number of halogens is 5. The largest absolute Gasteiger partial charge is 0.468 e. The summed E-state index contributed by atoms with van der Waals surface area (Å²) < 4.78 is 92.4. The summed E-state index contributed by atoms with van der Waals surface area (Å²) in [5.41, 5.74) is -1.51. The van der Waals surface area contributed by atoms with Crippen LogP contribution in [-0.2, 0) is 9.47 Å². The Morgan fingerprint density at radius 2 is 1.78 bits per heavy atom. The number of rotatable bonds is 7. The number of anilines is 1. The van der Waals surface area contributed by atoms with Crippen LogP contribution in [0.1, 0.15) is 39.2 Å². The van der Waals surface area contributed by atoms with Crippen molar-refractivity contribution in [2.45, 2.75) is 57.5 Å². The van der Waals surface area contributed by atoms with Crippen LogP contribution in [0.3, 0.4) is 0 Å². The Kier molecular flexibility index (Phi) is 8.87. The lowest BCUT2D eigenvalue weighted by molar-refractivity contribution is -0.154. The monoisotopic (exact) mass is 685 g/mol. The van der Waals surface area contributed by atoms with Gasteiger partial charge in [0.05, 0.1) is 23.0 Å². The smallest absolute Gasteiger partial charge is 0.422 e. The highest BCUT2D eigenvalue weighted by Gasteiger charge is 2.45. The third-order valence-electron chi connectivity index (χ3n) is 8.18. The van der Waals surface area contributed by atoms with E-state index in [1.165, 1.54) is 31.5 Å². The predicted molar refractivity (Wildman–Crippen MR) is 169 cm³/mol. The van der Waals surface area contributed by atoms with E-state index in [0.29, 0.717) is 18.2 Å². The summed E-state index contributed by atoms with van der Waals surface area (Å²) in [5.74, 6) is 0.863. The van der Waals surface area contributed by atoms with E-state index < -0.39 is 42.1 Å². The molecule has 4 aromatic rings. The molecule has 2 aliphatic heterocycles. The highest BCUT2D eigenvalue weighted by Crippen LogP contribution is 2.41. The summed E-state index contributed by atoms with van der Waals surface area (Å²) in [4.78, 5) is 29.2. The van der Waals surface area contributed by atoms with Crippen LogP contribution in [0.5, 0.6) is 11.8 Å². The van der Waals surface area contributed by atoms with Crippen LogP contribution < -0.4 is 14.4 Å². The molecule has 2 atom stereocenters. The first-order chi connectivity index (χ1) is 23.2. The third kappa shape index (κ3) is 6.82. The topological polar surface area (TPSA) is 99.1 Å². The van der Waals surface area contributed by atoms with Crippen LogP contribution in [0.15, 0.2) is 30.5 Å². The molecule has 0 spiro atoms. The van der Waals surface area contributed by atoms with Gasteiger partial charge in [-0.25, -0.2) is 13.6 Å². The molecular formula is C34H32F5N5O5. The van der Waals surface area contributed by atoms with E-state index >= 15 is 4.39 Å². The lowest BCUT2D eigenvalue weighted by Gasteiger charge is -2.42. The van der Waals surface area contributed by atoms with E-state index in [4.69, 9.17) is 25.4 Å². The number of benzene rings is 2. The second-order valence-electron chi connectivity index (χ2n) is 12.8. The van der Waals surface area contributed by atoms with Crippen molar-refractivity contribution in [1.29, 1.82) is 0 Å². The summed E-state index contributed by atoms with van der Waals surface area (Å²) in [6.07, 6.45) is 3.07. The van der Waals surface area contributed by atoms with Gasteiger partial charge in [-0.3, -0.25) is 9.88 Å². The van der Waals surface area contributed by atoms with E-state index in [2.05, 4.69) is 20.9 Å². The summed E-state index contributed by atoms with van der Waals surface area (Å²) in [7, 11) is 1.41. The normalized spacial score (nSPS) is 17.8. The lowest BCUT2D eigenvalue weighted by atomic mass is 9.95. The molecule has 4 heterocycles. The van der Waals surface area contributed by atoms with Gasteiger partial charge in [-0.1, -0.05) is 12.0 Å². The molecule has 258 valence electrons. The van der Waals surface area contributed by atoms with Gasteiger partial charge < -0.3 is 23.8 Å². The number of alkyl halides is 3. The zero-order valence-corrected chi connectivity index (χ0v) is 27.0. The minimum absolute atomic E-state index is 0.0531. The third-order valence-corrected chi connectivity index (χ3v) is 8.18. The molecule has 0 unspecified atom stereocenters. The molecule has 1 amide bonds. The minimum atomic E-state index is -4.73. The number of hydrogen-bond acceptors (Lipinski definition) is 9. The summed E-state index contributed by atoms with van der Waals surface area (Å²) in [6, 6.07) is 4.30. The summed E-state index contributed by atoms with van der Waals surface area (Å²) >= 11 is 0. The summed E-state index contributed by atoms with van der Waals surface area (Å²) in [5, 5.41) is 0.663. The molecule has 0 saturated carbocycles. The Hall–Kier alpha value is -4.97. The van der Waals surface area contributed by atoms with Crippen molar-refractivity contribution in [3.05, 3.63) is 47.7 Å². The van der Waals surface area contributed by atoms with Gasteiger partial charge in [-0.15, -0.1) is 6.42 Å². The van der Waals surface area contributed by atoms with E-state index in [1.54, 1.807) is 36.6 Å². The highest BCUT2D eigenvalue weighted by molar-refractivity contribution is 6.03. The van der Waals surface area contributed by atoms with Crippen molar-refractivity contribution >= 4 is 33.6 Å². The number of aromatic nitrogens is 3. The first kappa shape index (κ1) is 33.9. The van der Waals surface area contributed by atoms with Gasteiger partial charge >= 0.3 is 18.3 Å². The molecule has 2 fully saturated rings. The maximum Gasteiger partial charge on any atom is 0.422 e. The van der Waals surface area contributed by atoms with Gasteiger partial charge in [0.2, 0.25) is 0 Å². The van der Waals surface area contributed by atoms with E-state index in [-0.39, 0.29) is 76.6 Å². The van der Waals surface area contributed by atoms with Gasteiger partial charge in [0, 0.05) is 37.3 Å². The van der Waals surface area contributed by atoms with Crippen LogP contribution in [0.2, 0.25) is 0 Å². The second kappa shape index (κ2) is 12.8. The first-order valence-electron chi connectivity index (χ1n) is 15.3. The van der Waals surface area contributed by atoms with Gasteiger partial charge in [0.1, 0.15) is 34.2 Å². The molecule has 10 nitrogen and oxygen atoms in total. The number of pyridine rings is 1. The Morgan fingerprint density at radius 1 is 1.06 bits per heavy atom. The number of amides is 1. The van der Waals surface area contributed by atoms with Crippen molar-refractivity contribution in [3.8, 4) is 35.4 Å². The van der Waals surface area contributed by atoms with Crippen molar-refractivity contribution in [2.75, 3.05) is 38.5 Å². The molecule has 0 radical (unpaired) electrons. The Morgan fingerprint density at radius 3 is 2.41 bits per heavy atom. The van der Waals surface area contributed by atoms with Crippen LogP contribution in [0, 0.1) is 24.0 Å². The molecule has 2 saturated heterocycles. The molecule has 0 N–H and O–H groups in total. The number of carbonyl (C=O) groups excluding carboxylic acids is 1. The highest BCUT2D eigenvalue weighted by atomic mass is 19.4. The van der Waals surface area contributed by atoms with Crippen molar-refractivity contribution in [1.82, 2.24) is 19.9 Å². The van der Waals surface area contributed by atoms with Crippen LogP contribution >= 0.6 is 0 Å². The number of hydrogen-bond donors (Lipinski definition) is 0. The fraction of sp³-hybridized carbons (Fsp3) is 0.412. The van der Waals surface area contributed by atoms with Crippen LogP contribution in [0.25, 0.3) is 32.9 Å². The number of piperazine rings is 1. The molecule has 2 aliphatic rings. The van der Waals surface area contributed by atoms with Crippen molar-refractivity contribution in [3.63, 3.8) is 0 Å². The number of terminal acetylenes is 1. The number of carbonyl (C=O) groups is 1. The standard InChI is InChI=1S/C34H32F5N5O5/c1-6-22-25(35)10-7-18-11-21(48-17-46-5)12-23(26(18)22)28-27(36)29-24(13-40-28)30(42-31(41-29)47-16-34(37,38)39)43-14-19-8-9-20(15-43)44(19)32(45)49-33(2,3)4/h1,7,10-13,19-20H,8-9,14-17H2,2-5H3/t19-,20+. The van der Waals surface area contributed by atoms with Gasteiger partial charge in [0.25, 0.3) is 0 Å². The van der Waals surface area contributed by atoms with E-state index in [0.717, 1.165) is 0 Å². The van der Waals surface area contributed by atoms with Gasteiger partial charge in [0.15, 0.2) is 19.2 Å². The van der Waals surface area contributed by atoms with Crippen LogP contribution in [0.4, 0.5) is 32.6 Å². The fourth-order valence-corrected chi connectivity index (χ4v) is 6.30. The maximum absolute atomic E-state index is 16.8. The molecule has 49 heavy (non-hydrogen) atoms. The van der Waals surface area contributed by atoms with Crippen molar-refractivity contribution in [2.24, 2.45) is 0 Å². The zero-order valence-electron chi connectivity index (χ0n) is 27.0. The van der Waals surface area contributed by atoms with Gasteiger partial charge in [-0.05, 0) is 57.2 Å². The van der Waals surface area contributed by atoms with E-state index in [9.17, 15) is 22.4 Å². The van der Waals surface area contributed by atoms with Gasteiger partial charge in [-0.2, -0.15) is 23.1 Å². The minimum Gasteiger partial charge on any atom is -0.468 e. The quantitative estimate of drug-likeness (QED) is 0.121. The van der Waals surface area contributed by atoms with Crippen molar-refractivity contribution < 1.29 is 45.7 Å². The summed E-state index contributed by atoms with van der Waals surface area (Å²) in [6.45, 7) is 3.90. The SMILES string of the molecule is C#Cc1c(F)ccc2cc(OCOC)cc(-c3ncc4c(N5C[C@H]6CC[C@@H](C5)N6C(=O)OC(C)(C)C)nc(OCC(F)(F)F)nc4c3F)c12. The molecule has 2 aromatic heterocycles.